The van der Waals surface area contributed by atoms with E-state index in [-0.39, 0.29) is 5.41 Å². The quantitative estimate of drug-likeness (QED) is 0.138. The summed E-state index contributed by atoms with van der Waals surface area (Å²) in [6, 6.07) is 70.4. The Hall–Kier alpha value is -7.82. The second-order valence-electron chi connectivity index (χ2n) is 16.6. The molecule has 1 aliphatic rings. The van der Waals surface area contributed by atoms with Crippen molar-refractivity contribution in [2.24, 2.45) is 0 Å². The van der Waals surface area contributed by atoms with Gasteiger partial charge in [-0.25, -0.2) is 19.9 Å². The molecule has 302 valence electrons. The number of allylic oxidation sites excluding steroid dienone is 4. The first-order valence-electron chi connectivity index (χ1n) is 21.7. The van der Waals surface area contributed by atoms with E-state index in [0.717, 1.165) is 74.8 Å². The standard InChI is InChI=1S/C59H46N4/c1-59(2,51-35-31-47(32-36-51)55-39-53(60-57(62-55)49-19-11-5-12-20-49)45-27-23-43(24-28-45)41-15-7-3-8-16-41)52-37-33-48(34-38-52)56-40-54(61-58(63-56)50-21-13-6-14-22-50)46-29-25-44(26-30-46)42-17-9-4-10-18-42/h3-5,7-13,15-40H,6,14H2,1-2H3. The molecule has 2 aromatic heterocycles. The molecule has 0 saturated carbocycles. The molecule has 0 radical (unpaired) electrons. The van der Waals surface area contributed by atoms with Crippen molar-refractivity contribution in [2.45, 2.75) is 32.1 Å². The van der Waals surface area contributed by atoms with Gasteiger partial charge in [-0.15, -0.1) is 0 Å². The zero-order valence-electron chi connectivity index (χ0n) is 35.5. The lowest BCUT2D eigenvalue weighted by molar-refractivity contribution is 0.641. The lowest BCUT2D eigenvalue weighted by atomic mass is 9.77. The fourth-order valence-electron chi connectivity index (χ4n) is 8.32. The van der Waals surface area contributed by atoms with Crippen molar-refractivity contribution >= 4 is 5.57 Å². The average molecular weight is 811 g/mol. The molecule has 10 rings (SSSR count). The van der Waals surface area contributed by atoms with Crippen molar-refractivity contribution in [3.05, 3.63) is 235 Å². The van der Waals surface area contributed by atoms with Crippen molar-refractivity contribution in [3.8, 4) is 78.7 Å². The largest absolute Gasteiger partial charge is 0.228 e. The van der Waals surface area contributed by atoms with E-state index in [1.165, 1.54) is 33.4 Å². The van der Waals surface area contributed by atoms with Gasteiger partial charge in [-0.1, -0.05) is 220 Å². The third-order valence-corrected chi connectivity index (χ3v) is 12.1. The number of hydrogen-bond donors (Lipinski definition) is 0. The van der Waals surface area contributed by atoms with Gasteiger partial charge in [0.15, 0.2) is 11.6 Å². The molecule has 0 unspecified atom stereocenters. The lowest BCUT2D eigenvalue weighted by Crippen LogP contribution is -2.18. The van der Waals surface area contributed by atoms with Gasteiger partial charge in [0.2, 0.25) is 0 Å². The molecule has 0 N–H and O–H groups in total. The van der Waals surface area contributed by atoms with Gasteiger partial charge in [-0.2, -0.15) is 0 Å². The molecule has 7 aromatic carbocycles. The monoisotopic (exact) mass is 810 g/mol. The minimum absolute atomic E-state index is 0.260. The summed E-state index contributed by atoms with van der Waals surface area (Å²) in [5.41, 5.74) is 16.8. The number of rotatable bonds is 10. The molecule has 0 spiro atoms. The van der Waals surface area contributed by atoms with Crippen LogP contribution in [0.15, 0.2) is 218 Å². The zero-order chi connectivity index (χ0) is 42.6. The molecule has 9 aromatic rings. The van der Waals surface area contributed by atoms with E-state index in [9.17, 15) is 0 Å². The van der Waals surface area contributed by atoms with E-state index in [1.54, 1.807) is 0 Å². The highest BCUT2D eigenvalue weighted by molar-refractivity contribution is 5.78. The summed E-state index contributed by atoms with van der Waals surface area (Å²) >= 11 is 0. The van der Waals surface area contributed by atoms with Crippen molar-refractivity contribution < 1.29 is 0 Å². The zero-order valence-corrected chi connectivity index (χ0v) is 35.5. The topological polar surface area (TPSA) is 51.6 Å². The van der Waals surface area contributed by atoms with Gasteiger partial charge < -0.3 is 0 Å². The highest BCUT2D eigenvalue weighted by Crippen LogP contribution is 2.36. The molecule has 4 heteroatoms. The molecule has 0 saturated heterocycles. The fraction of sp³-hybridized carbons (Fsp3) is 0.0847. The number of benzene rings is 7. The smallest absolute Gasteiger partial charge is 0.160 e. The van der Waals surface area contributed by atoms with Gasteiger partial charge in [-0.05, 0) is 58.4 Å². The molecular formula is C59H46N4. The van der Waals surface area contributed by atoms with Crippen LogP contribution in [0.1, 0.15) is 43.6 Å². The van der Waals surface area contributed by atoms with Gasteiger partial charge in [-0.3, -0.25) is 0 Å². The van der Waals surface area contributed by atoms with Crippen LogP contribution in [0, 0.1) is 0 Å². The molecule has 4 nitrogen and oxygen atoms in total. The first kappa shape index (κ1) is 39.3. The Balaban J connectivity index is 0.936. The Morgan fingerprint density at radius 3 is 1.05 bits per heavy atom. The van der Waals surface area contributed by atoms with E-state index in [0.29, 0.717) is 5.82 Å². The van der Waals surface area contributed by atoms with Gasteiger partial charge in [0, 0.05) is 38.8 Å². The summed E-state index contributed by atoms with van der Waals surface area (Å²) in [6.07, 6.45) is 8.64. The molecule has 1 aliphatic carbocycles. The first-order chi connectivity index (χ1) is 30.9. The van der Waals surface area contributed by atoms with Crippen LogP contribution in [-0.4, -0.2) is 19.9 Å². The molecule has 0 aliphatic heterocycles. The normalized spacial score (nSPS) is 12.5. The molecule has 0 amide bonds. The summed E-state index contributed by atoms with van der Waals surface area (Å²) in [5, 5.41) is 0. The van der Waals surface area contributed by atoms with Crippen LogP contribution in [0.4, 0.5) is 0 Å². The van der Waals surface area contributed by atoms with Gasteiger partial charge >= 0.3 is 0 Å². The van der Waals surface area contributed by atoms with Crippen LogP contribution in [0.2, 0.25) is 0 Å². The van der Waals surface area contributed by atoms with Crippen LogP contribution in [0.5, 0.6) is 0 Å². The maximum atomic E-state index is 5.13. The number of aromatic nitrogens is 4. The Morgan fingerprint density at radius 2 is 0.667 bits per heavy atom. The third-order valence-electron chi connectivity index (χ3n) is 12.1. The summed E-state index contributed by atoms with van der Waals surface area (Å²) in [7, 11) is 0. The molecule has 0 fully saturated rings. The molecular weight excluding hydrogens is 765 g/mol. The Labute approximate surface area is 370 Å². The van der Waals surface area contributed by atoms with Crippen molar-refractivity contribution in [1.29, 1.82) is 0 Å². The van der Waals surface area contributed by atoms with E-state index < -0.39 is 0 Å². The maximum Gasteiger partial charge on any atom is 0.160 e. The minimum Gasteiger partial charge on any atom is -0.228 e. The number of nitrogens with zero attached hydrogens (tertiary/aromatic N) is 4. The summed E-state index contributed by atoms with van der Waals surface area (Å²) < 4.78 is 0. The Morgan fingerprint density at radius 1 is 0.333 bits per heavy atom. The SMILES string of the molecule is CC(C)(c1ccc(-c2cc(-c3ccc(-c4ccccc4)cc3)nc(C3=CCCC=C3)n2)cc1)c1ccc(-c2cc(-c3ccc(-c4ccccc4)cc3)nc(-c3ccccc3)n2)cc1. The van der Waals surface area contributed by atoms with Gasteiger partial charge in [0.25, 0.3) is 0 Å². The van der Waals surface area contributed by atoms with Crippen LogP contribution < -0.4 is 0 Å². The summed E-state index contributed by atoms with van der Waals surface area (Å²) in [5.74, 6) is 1.46. The van der Waals surface area contributed by atoms with Crippen LogP contribution >= 0.6 is 0 Å². The van der Waals surface area contributed by atoms with Crippen LogP contribution in [-0.2, 0) is 5.41 Å². The van der Waals surface area contributed by atoms with E-state index in [4.69, 9.17) is 19.9 Å². The third kappa shape index (κ3) is 8.44. The van der Waals surface area contributed by atoms with Crippen LogP contribution in [0.25, 0.3) is 84.2 Å². The molecule has 0 atom stereocenters. The fourth-order valence-corrected chi connectivity index (χ4v) is 8.32. The summed E-state index contributed by atoms with van der Waals surface area (Å²) in [4.78, 5) is 20.4. The highest BCUT2D eigenvalue weighted by Gasteiger charge is 2.24. The average Bonchev–Trinajstić information content (AvgIpc) is 3.37. The molecule has 63 heavy (non-hydrogen) atoms. The van der Waals surface area contributed by atoms with Crippen LogP contribution in [0.3, 0.4) is 0 Å². The molecule has 2 heterocycles. The van der Waals surface area contributed by atoms with Crippen molar-refractivity contribution in [1.82, 2.24) is 19.9 Å². The maximum absolute atomic E-state index is 5.13. The second kappa shape index (κ2) is 17.3. The molecule has 0 bridgehead atoms. The lowest BCUT2D eigenvalue weighted by Gasteiger charge is -2.26. The Bertz CT molecular complexity index is 3060. The van der Waals surface area contributed by atoms with E-state index >= 15 is 0 Å². The summed E-state index contributed by atoms with van der Waals surface area (Å²) in [6.45, 7) is 4.57. The Kier molecular flexibility index (Phi) is 10.8. The minimum atomic E-state index is -0.260. The predicted molar refractivity (Wildman–Crippen MR) is 261 cm³/mol. The van der Waals surface area contributed by atoms with E-state index in [1.807, 2.05) is 30.3 Å². The number of hydrogen-bond acceptors (Lipinski definition) is 4. The van der Waals surface area contributed by atoms with Crippen molar-refractivity contribution in [3.63, 3.8) is 0 Å². The van der Waals surface area contributed by atoms with E-state index in [2.05, 4.69) is 202 Å². The van der Waals surface area contributed by atoms with Crippen molar-refractivity contribution in [2.75, 3.05) is 0 Å². The van der Waals surface area contributed by atoms with Gasteiger partial charge in [0.1, 0.15) is 0 Å². The highest BCUT2D eigenvalue weighted by atomic mass is 14.9. The first-order valence-corrected chi connectivity index (χ1v) is 21.7. The van der Waals surface area contributed by atoms with Gasteiger partial charge in [0.05, 0.1) is 22.8 Å². The predicted octanol–water partition coefficient (Wildman–Crippen LogP) is 15.0. The second-order valence-corrected chi connectivity index (χ2v) is 16.6.